The zero-order chi connectivity index (χ0) is 2.71. The highest BCUT2D eigenvalue weighted by molar-refractivity contribution is 9.09. The van der Waals surface area contributed by atoms with Crippen LogP contribution in [0.15, 0.2) is 0 Å². The van der Waals surface area contributed by atoms with E-state index in [-0.39, 0.29) is 9.41 Å². The van der Waals surface area contributed by atoms with Crippen LogP contribution >= 0.6 is 15.9 Å². The summed E-state index contributed by atoms with van der Waals surface area (Å²) in [6, 6.07) is 0. The van der Waals surface area contributed by atoms with Gasteiger partial charge in [0.1, 0.15) is 0 Å². The monoisotopic (exact) mass is 148 g/mol. The zero-order valence-electron chi connectivity index (χ0n) is 2.90. The topological polar surface area (TPSA) is 0 Å². The first-order valence-corrected chi connectivity index (χ1v) is 2.10. The van der Waals surface area contributed by atoms with Crippen molar-refractivity contribution in [2.75, 3.05) is 5.33 Å². The fraction of sp³-hybridized carbons (Fsp3) is 1.00. The third kappa shape index (κ3) is 206. The molecule has 0 amide bonds. The van der Waals surface area contributed by atoms with E-state index < -0.39 is 0 Å². The van der Waals surface area contributed by atoms with Gasteiger partial charge in [-0.05, 0) is 0 Å². The van der Waals surface area contributed by atoms with Gasteiger partial charge in [0.2, 0.25) is 0 Å². The molecule has 3 heteroatoms. The van der Waals surface area contributed by atoms with Crippen molar-refractivity contribution < 1.29 is 9.41 Å². The summed E-state index contributed by atoms with van der Waals surface area (Å²) in [5.41, 5.74) is 0. The number of hydrogen-bond acceptors (Lipinski definition) is 0. The van der Waals surface area contributed by atoms with Gasteiger partial charge in [-0.1, -0.05) is 22.9 Å². The molecule has 0 heterocycles. The number of rotatable bonds is 0. The molecule has 0 nitrogen and oxygen atoms in total. The molecule has 0 spiro atoms. The Kier molecular flexibility index (Phi) is 99.1. The molecule has 0 aromatic rings. The minimum absolute atomic E-state index is 0. The predicted molar refractivity (Wildman–Crippen MR) is 24.5 cm³/mol. The SMILES string of the molecule is CCBr.F.F. The van der Waals surface area contributed by atoms with Gasteiger partial charge in [0.15, 0.2) is 0 Å². The largest absolute Gasteiger partial charge is 0.269 e. The van der Waals surface area contributed by atoms with Gasteiger partial charge in [-0.2, -0.15) is 0 Å². The normalized spacial score (nSPS) is 3.60. The van der Waals surface area contributed by atoms with Crippen LogP contribution in [0.3, 0.4) is 0 Å². The summed E-state index contributed by atoms with van der Waals surface area (Å²) >= 11 is 3.15. The number of hydrogen-bond donors (Lipinski definition) is 0. The molecule has 0 radical (unpaired) electrons. The van der Waals surface area contributed by atoms with E-state index in [1.54, 1.807) is 0 Å². The first kappa shape index (κ1) is 18.4. The Morgan fingerprint density at radius 2 is 1.40 bits per heavy atom. The van der Waals surface area contributed by atoms with Gasteiger partial charge in [0.25, 0.3) is 0 Å². The van der Waals surface area contributed by atoms with Gasteiger partial charge >= 0.3 is 0 Å². The predicted octanol–water partition coefficient (Wildman–Crippen LogP) is 1.71. The molecule has 0 N–H and O–H groups in total. The van der Waals surface area contributed by atoms with Gasteiger partial charge in [-0.25, -0.2) is 0 Å². The Labute approximate surface area is 38.4 Å². The van der Waals surface area contributed by atoms with Crippen LogP contribution in [0.1, 0.15) is 6.92 Å². The van der Waals surface area contributed by atoms with E-state index >= 15 is 0 Å². The summed E-state index contributed by atoms with van der Waals surface area (Å²) < 4.78 is 0. The summed E-state index contributed by atoms with van der Waals surface area (Å²) in [7, 11) is 0. The summed E-state index contributed by atoms with van der Waals surface area (Å²) in [5.74, 6) is 0. The number of alkyl halides is 1. The highest BCUT2D eigenvalue weighted by Crippen LogP contribution is 1.67. The third-order valence-electron chi connectivity index (χ3n) is 0. The van der Waals surface area contributed by atoms with E-state index in [1.807, 2.05) is 6.92 Å². The van der Waals surface area contributed by atoms with Crippen molar-refractivity contribution in [2.24, 2.45) is 0 Å². The maximum atomic E-state index is 3.15. The highest BCUT2D eigenvalue weighted by atomic mass is 79.9. The second kappa shape index (κ2) is 27.0. The second-order valence-electron chi connectivity index (χ2n) is 0.267. The van der Waals surface area contributed by atoms with Gasteiger partial charge in [-0.15, -0.1) is 0 Å². The molecule has 36 valence electrons. The first-order valence-electron chi connectivity index (χ1n) is 0.974. The minimum Gasteiger partial charge on any atom is -0.269 e. The Morgan fingerprint density at radius 1 is 1.40 bits per heavy atom. The summed E-state index contributed by atoms with van der Waals surface area (Å²) in [6.07, 6.45) is 0. The van der Waals surface area contributed by atoms with Crippen LogP contribution in [-0.4, -0.2) is 5.33 Å². The van der Waals surface area contributed by atoms with Crippen LogP contribution < -0.4 is 0 Å². The van der Waals surface area contributed by atoms with Crippen LogP contribution in [0.4, 0.5) is 9.41 Å². The molecule has 0 aliphatic heterocycles. The Morgan fingerprint density at radius 3 is 1.40 bits per heavy atom. The van der Waals surface area contributed by atoms with Gasteiger partial charge < -0.3 is 0 Å². The lowest BCUT2D eigenvalue weighted by molar-refractivity contribution is 1.11. The molecule has 0 atom stereocenters. The van der Waals surface area contributed by atoms with E-state index in [4.69, 9.17) is 0 Å². The molecule has 5 heavy (non-hydrogen) atoms. The molecular weight excluding hydrogens is 142 g/mol. The fourth-order valence-electron chi connectivity index (χ4n) is 0. The van der Waals surface area contributed by atoms with Crippen LogP contribution in [-0.2, 0) is 0 Å². The van der Waals surface area contributed by atoms with Crippen molar-refractivity contribution in [1.82, 2.24) is 0 Å². The fourth-order valence-corrected chi connectivity index (χ4v) is 0. The molecule has 0 saturated heterocycles. The van der Waals surface area contributed by atoms with Crippen molar-refractivity contribution in [3.63, 3.8) is 0 Å². The first-order chi connectivity index (χ1) is 1.41. The molecule has 0 aromatic heterocycles. The lowest BCUT2D eigenvalue weighted by Gasteiger charge is -1.45. The lowest BCUT2D eigenvalue weighted by Crippen LogP contribution is -1.34. The summed E-state index contributed by atoms with van der Waals surface area (Å²) in [6.45, 7) is 2.04. The Hall–Kier alpha value is 0.340. The lowest BCUT2D eigenvalue weighted by atomic mass is 11.0. The summed E-state index contributed by atoms with van der Waals surface area (Å²) in [4.78, 5) is 0. The standard InChI is InChI=1S/C2H5Br.2FH/c1-2-3;;/h2H2,1H3;2*1H. The molecule has 0 aliphatic rings. The van der Waals surface area contributed by atoms with Gasteiger partial charge in [0, 0.05) is 5.33 Å². The average molecular weight is 149 g/mol. The van der Waals surface area contributed by atoms with Crippen LogP contribution in [0.5, 0.6) is 0 Å². The average Bonchev–Trinajstić information content (AvgIpc) is 0.918. The Bertz CT molecular complexity index is 7.61. The molecule has 0 saturated carbocycles. The third-order valence-corrected chi connectivity index (χ3v) is 0. The number of halogens is 3. The molecule has 0 aromatic carbocycles. The smallest absolute Gasteiger partial charge is 0.000281 e. The molecule has 0 aliphatic carbocycles. The molecule has 0 bridgehead atoms. The van der Waals surface area contributed by atoms with Crippen molar-refractivity contribution in [3.05, 3.63) is 0 Å². The van der Waals surface area contributed by atoms with Crippen molar-refractivity contribution in [2.45, 2.75) is 6.92 Å². The molecule has 0 rings (SSSR count). The van der Waals surface area contributed by atoms with Crippen LogP contribution in [0.2, 0.25) is 0 Å². The van der Waals surface area contributed by atoms with E-state index in [9.17, 15) is 0 Å². The Balaban J connectivity index is -0.0000000200. The molecule has 0 unspecified atom stereocenters. The molecule has 0 fully saturated rings. The van der Waals surface area contributed by atoms with E-state index in [1.165, 1.54) is 0 Å². The maximum absolute atomic E-state index is 3.15. The quantitative estimate of drug-likeness (QED) is 0.460. The van der Waals surface area contributed by atoms with Crippen LogP contribution in [0.25, 0.3) is 0 Å². The van der Waals surface area contributed by atoms with E-state index in [0.29, 0.717) is 0 Å². The maximum Gasteiger partial charge on any atom is 0.000281 e. The summed E-state index contributed by atoms with van der Waals surface area (Å²) in [5, 5.41) is 1.06. The van der Waals surface area contributed by atoms with Crippen molar-refractivity contribution in [3.8, 4) is 0 Å². The molecular formula is C2H7BrF2. The zero-order valence-corrected chi connectivity index (χ0v) is 4.49. The van der Waals surface area contributed by atoms with Gasteiger partial charge in [-0.3, -0.25) is 9.41 Å². The van der Waals surface area contributed by atoms with Crippen molar-refractivity contribution >= 4 is 15.9 Å². The van der Waals surface area contributed by atoms with Crippen LogP contribution in [0, 0.1) is 0 Å². The van der Waals surface area contributed by atoms with Crippen molar-refractivity contribution in [1.29, 1.82) is 0 Å². The second-order valence-corrected chi connectivity index (χ2v) is 1.39. The van der Waals surface area contributed by atoms with E-state index in [2.05, 4.69) is 15.9 Å². The minimum atomic E-state index is 0. The highest BCUT2D eigenvalue weighted by Gasteiger charge is 1.38. The van der Waals surface area contributed by atoms with Gasteiger partial charge in [0.05, 0.1) is 0 Å². The van der Waals surface area contributed by atoms with E-state index in [0.717, 1.165) is 5.33 Å².